The normalized spacial score (nSPS) is 12.1. The van der Waals surface area contributed by atoms with Crippen LogP contribution in [0.3, 0.4) is 0 Å². The Kier molecular flexibility index (Phi) is 6.13. The van der Waals surface area contributed by atoms with Crippen molar-refractivity contribution in [3.63, 3.8) is 0 Å². The minimum atomic E-state index is 0.0890. The molecule has 1 heterocycles. The van der Waals surface area contributed by atoms with E-state index in [1.165, 1.54) is 16.7 Å². The molecule has 0 spiro atoms. The van der Waals surface area contributed by atoms with Gasteiger partial charge in [-0.25, -0.2) is 4.68 Å². The van der Waals surface area contributed by atoms with E-state index in [-0.39, 0.29) is 5.92 Å². The number of thiazole rings is 1. The van der Waals surface area contributed by atoms with E-state index >= 15 is 0 Å². The summed E-state index contributed by atoms with van der Waals surface area (Å²) in [7, 11) is 0. The first-order valence-electron chi connectivity index (χ1n) is 9.67. The van der Waals surface area contributed by atoms with Gasteiger partial charge in [-0.3, -0.25) is 4.99 Å². The highest BCUT2D eigenvalue weighted by atomic mass is 32.1. The number of nitrogens with zero attached hydrogens (tertiary/aromatic N) is 3. The lowest BCUT2D eigenvalue weighted by molar-refractivity contribution is 0.782. The van der Waals surface area contributed by atoms with Crippen LogP contribution in [0, 0.1) is 6.92 Å². The van der Waals surface area contributed by atoms with Crippen LogP contribution in [0.2, 0.25) is 0 Å². The van der Waals surface area contributed by atoms with Crippen molar-refractivity contribution >= 4 is 17.6 Å². The molecule has 0 bridgehead atoms. The molecule has 0 fully saturated rings. The molecule has 0 aliphatic carbocycles. The minimum absolute atomic E-state index is 0.0890. The van der Waals surface area contributed by atoms with Crippen LogP contribution in [-0.4, -0.2) is 10.9 Å². The number of benzene rings is 3. The van der Waals surface area contributed by atoms with Crippen LogP contribution in [-0.2, 0) is 6.54 Å². The van der Waals surface area contributed by atoms with Crippen LogP contribution in [0.25, 0.3) is 0 Å². The molecule has 4 rings (SSSR count). The molecule has 0 N–H and O–H groups in total. The van der Waals surface area contributed by atoms with Crippen molar-refractivity contribution < 1.29 is 0 Å². The van der Waals surface area contributed by atoms with Crippen molar-refractivity contribution in [3.8, 4) is 0 Å². The summed E-state index contributed by atoms with van der Waals surface area (Å²) in [4.78, 5) is 5.69. The predicted octanol–water partition coefficient (Wildman–Crippen LogP) is 5.62. The summed E-state index contributed by atoms with van der Waals surface area (Å²) < 4.78 is 1.94. The summed E-state index contributed by atoms with van der Waals surface area (Å²) in [5.74, 6) is 0.0890. The Morgan fingerprint density at radius 1 is 0.828 bits per heavy atom. The average Bonchev–Trinajstić information content (AvgIpc) is 3.14. The molecule has 4 heteroatoms. The van der Waals surface area contributed by atoms with Gasteiger partial charge in [0, 0.05) is 17.5 Å². The molecule has 3 nitrogen and oxygen atoms in total. The Labute approximate surface area is 175 Å². The van der Waals surface area contributed by atoms with E-state index in [4.69, 9.17) is 10.1 Å². The van der Waals surface area contributed by atoms with Gasteiger partial charge in [-0.2, -0.15) is 5.10 Å². The van der Waals surface area contributed by atoms with Crippen molar-refractivity contribution in [2.75, 3.05) is 0 Å². The lowest BCUT2D eigenvalue weighted by atomic mass is 9.92. The second kappa shape index (κ2) is 9.30. The topological polar surface area (TPSA) is 29.6 Å². The van der Waals surface area contributed by atoms with Gasteiger partial charge in [0.1, 0.15) is 0 Å². The van der Waals surface area contributed by atoms with Crippen LogP contribution in [0.15, 0.2) is 106 Å². The molecule has 0 saturated carbocycles. The third-order valence-electron chi connectivity index (χ3n) is 4.74. The van der Waals surface area contributed by atoms with Crippen LogP contribution in [0.4, 0.5) is 0 Å². The average molecular weight is 398 g/mol. The van der Waals surface area contributed by atoms with Gasteiger partial charge in [-0.15, -0.1) is 11.3 Å². The second-order valence-corrected chi connectivity index (χ2v) is 7.67. The fourth-order valence-electron chi connectivity index (χ4n) is 3.19. The van der Waals surface area contributed by atoms with Crippen LogP contribution >= 0.6 is 11.3 Å². The van der Waals surface area contributed by atoms with Crippen molar-refractivity contribution in [2.24, 2.45) is 10.1 Å². The lowest BCUT2D eigenvalue weighted by Gasteiger charge is -2.13. The first kappa shape index (κ1) is 19.1. The molecule has 29 heavy (non-hydrogen) atoms. The standard InChI is InChI=1S/C25H23N3S/c1-20-19-29-25(26-17-21-11-5-2-6-12-21)28(20)27-18-24(22-13-7-3-8-14-22)23-15-9-4-10-16-23/h2-16,18-19,24H,17H2,1H3. The molecule has 0 amide bonds. The molecule has 4 aromatic rings. The van der Waals surface area contributed by atoms with Gasteiger partial charge in [0.2, 0.25) is 4.80 Å². The molecule has 0 unspecified atom stereocenters. The van der Waals surface area contributed by atoms with Gasteiger partial charge in [0.05, 0.1) is 12.2 Å². The summed E-state index contributed by atoms with van der Waals surface area (Å²) in [6.07, 6.45) is 2.02. The largest absolute Gasteiger partial charge is 0.253 e. The van der Waals surface area contributed by atoms with Gasteiger partial charge >= 0.3 is 0 Å². The summed E-state index contributed by atoms with van der Waals surface area (Å²) in [5.41, 5.74) is 4.72. The predicted molar refractivity (Wildman–Crippen MR) is 121 cm³/mol. The molecule has 0 saturated heterocycles. The Balaban J connectivity index is 1.67. The number of aromatic nitrogens is 1. The second-order valence-electron chi connectivity index (χ2n) is 6.84. The Morgan fingerprint density at radius 3 is 1.97 bits per heavy atom. The Morgan fingerprint density at radius 2 is 1.38 bits per heavy atom. The SMILES string of the molecule is Cc1csc(=NCc2ccccc2)n1N=CC(c1ccccc1)c1ccccc1. The highest BCUT2D eigenvalue weighted by Gasteiger charge is 2.11. The Bertz CT molecular complexity index is 1090. The molecule has 3 aromatic carbocycles. The number of hydrogen-bond donors (Lipinski definition) is 0. The quantitative estimate of drug-likeness (QED) is 0.378. The molecular formula is C25H23N3S. The first-order valence-corrected chi connectivity index (χ1v) is 10.5. The van der Waals surface area contributed by atoms with Gasteiger partial charge in [-0.05, 0) is 23.6 Å². The molecule has 0 atom stereocenters. The van der Waals surface area contributed by atoms with Crippen molar-refractivity contribution in [1.29, 1.82) is 0 Å². The summed E-state index contributed by atoms with van der Waals surface area (Å²) >= 11 is 1.62. The summed E-state index contributed by atoms with van der Waals surface area (Å²) in [6, 6.07) is 31.3. The van der Waals surface area contributed by atoms with Gasteiger partial charge in [-0.1, -0.05) is 91.0 Å². The van der Waals surface area contributed by atoms with E-state index in [1.54, 1.807) is 11.3 Å². The van der Waals surface area contributed by atoms with E-state index in [0.717, 1.165) is 10.5 Å². The third kappa shape index (κ3) is 4.79. The molecule has 0 radical (unpaired) electrons. The van der Waals surface area contributed by atoms with Crippen molar-refractivity contribution in [3.05, 3.63) is 124 Å². The Hall–Kier alpha value is -3.24. The van der Waals surface area contributed by atoms with E-state index in [0.29, 0.717) is 6.54 Å². The van der Waals surface area contributed by atoms with E-state index < -0.39 is 0 Å². The van der Waals surface area contributed by atoms with E-state index in [2.05, 4.69) is 73.0 Å². The highest BCUT2D eigenvalue weighted by molar-refractivity contribution is 7.07. The fourth-order valence-corrected chi connectivity index (χ4v) is 4.00. The highest BCUT2D eigenvalue weighted by Crippen LogP contribution is 2.22. The zero-order valence-corrected chi connectivity index (χ0v) is 17.2. The monoisotopic (exact) mass is 397 g/mol. The maximum atomic E-state index is 4.84. The smallest absolute Gasteiger partial charge is 0.206 e. The van der Waals surface area contributed by atoms with Crippen LogP contribution in [0.1, 0.15) is 28.3 Å². The lowest BCUT2D eigenvalue weighted by Crippen LogP contribution is -2.14. The van der Waals surface area contributed by atoms with Crippen LogP contribution in [0.5, 0.6) is 0 Å². The van der Waals surface area contributed by atoms with Gasteiger partial charge in [0.15, 0.2) is 0 Å². The van der Waals surface area contributed by atoms with E-state index in [1.807, 2.05) is 41.2 Å². The number of hydrogen-bond acceptors (Lipinski definition) is 3. The van der Waals surface area contributed by atoms with Crippen molar-refractivity contribution in [1.82, 2.24) is 4.68 Å². The summed E-state index contributed by atoms with van der Waals surface area (Å²) in [6.45, 7) is 2.71. The molecule has 1 aromatic heterocycles. The fraction of sp³-hybridized carbons (Fsp3) is 0.120. The summed E-state index contributed by atoms with van der Waals surface area (Å²) in [5, 5.41) is 6.94. The first-order chi connectivity index (χ1) is 14.3. The molecule has 0 aliphatic rings. The van der Waals surface area contributed by atoms with Crippen LogP contribution < -0.4 is 4.80 Å². The maximum Gasteiger partial charge on any atom is 0.206 e. The van der Waals surface area contributed by atoms with Gasteiger partial charge < -0.3 is 0 Å². The third-order valence-corrected chi connectivity index (χ3v) is 5.71. The maximum absolute atomic E-state index is 4.84. The molecule has 0 aliphatic heterocycles. The molecule has 144 valence electrons. The zero-order valence-electron chi connectivity index (χ0n) is 16.3. The zero-order chi connectivity index (χ0) is 19.9. The number of aryl methyl sites for hydroxylation is 1. The van der Waals surface area contributed by atoms with Crippen molar-refractivity contribution in [2.45, 2.75) is 19.4 Å². The minimum Gasteiger partial charge on any atom is -0.253 e. The van der Waals surface area contributed by atoms with E-state index in [9.17, 15) is 0 Å². The number of rotatable bonds is 6. The molecular weight excluding hydrogens is 374 g/mol. The van der Waals surface area contributed by atoms with Gasteiger partial charge in [0.25, 0.3) is 0 Å².